The fourth-order valence-corrected chi connectivity index (χ4v) is 4.16. The fraction of sp³-hybridized carbons (Fsp3) is 0.381. The summed E-state index contributed by atoms with van der Waals surface area (Å²) in [6.07, 6.45) is -3.71. The van der Waals surface area contributed by atoms with Crippen LogP contribution >= 0.6 is 0 Å². The van der Waals surface area contributed by atoms with Crippen molar-refractivity contribution in [3.05, 3.63) is 53.6 Å². The van der Waals surface area contributed by atoms with Gasteiger partial charge >= 0.3 is 6.36 Å². The molecule has 5 nitrogen and oxygen atoms in total. The zero-order valence-electron chi connectivity index (χ0n) is 15.5. The second-order valence-corrected chi connectivity index (χ2v) is 7.39. The molecular formula is C21H20F3NO4. The SMILES string of the molecule is O=Cc1cccc(N2CCC3(CC2)CC(O)c2ccccc2O3)c1OC(F)(F)F. The van der Waals surface area contributed by atoms with E-state index in [1.54, 1.807) is 4.90 Å². The van der Waals surface area contributed by atoms with Gasteiger partial charge in [-0.1, -0.05) is 24.3 Å². The first-order valence-corrected chi connectivity index (χ1v) is 9.35. The molecule has 1 saturated heterocycles. The maximum Gasteiger partial charge on any atom is 0.573 e. The van der Waals surface area contributed by atoms with Crippen LogP contribution in [0.5, 0.6) is 11.5 Å². The number of piperidine rings is 1. The van der Waals surface area contributed by atoms with E-state index in [0.29, 0.717) is 44.4 Å². The Labute approximate surface area is 165 Å². The predicted octanol–water partition coefficient (Wildman–Crippen LogP) is 4.25. The molecule has 2 aliphatic rings. The highest BCUT2D eigenvalue weighted by molar-refractivity contribution is 5.84. The molecule has 0 bridgehead atoms. The highest BCUT2D eigenvalue weighted by Gasteiger charge is 2.43. The number of nitrogens with zero attached hydrogens (tertiary/aromatic N) is 1. The molecule has 29 heavy (non-hydrogen) atoms. The topological polar surface area (TPSA) is 59.0 Å². The van der Waals surface area contributed by atoms with E-state index in [4.69, 9.17) is 4.74 Å². The number of halogens is 3. The van der Waals surface area contributed by atoms with Crippen LogP contribution in [0.4, 0.5) is 18.9 Å². The summed E-state index contributed by atoms with van der Waals surface area (Å²) in [5.41, 5.74) is 0.245. The summed E-state index contributed by atoms with van der Waals surface area (Å²) in [5, 5.41) is 10.5. The van der Waals surface area contributed by atoms with Gasteiger partial charge in [0.15, 0.2) is 12.0 Å². The van der Waals surface area contributed by atoms with Crippen molar-refractivity contribution in [3.8, 4) is 11.5 Å². The average molecular weight is 407 g/mol. The van der Waals surface area contributed by atoms with E-state index in [1.807, 2.05) is 24.3 Å². The largest absolute Gasteiger partial charge is 0.573 e. The molecule has 0 aromatic heterocycles. The standard InChI is InChI=1S/C21H20F3NO4/c22-21(23,24)29-19-14(13-26)4-3-6-16(19)25-10-8-20(9-11-25)12-17(27)15-5-1-2-7-18(15)28-20/h1-7,13,17,27H,8-12H2. The number of aliphatic hydroxyl groups is 1. The molecule has 1 spiro atoms. The third-order valence-electron chi connectivity index (χ3n) is 5.55. The summed E-state index contributed by atoms with van der Waals surface area (Å²) in [6.45, 7) is 0.816. The molecule has 2 aliphatic heterocycles. The number of ether oxygens (including phenoxy) is 2. The molecule has 154 valence electrons. The molecule has 0 amide bonds. The van der Waals surface area contributed by atoms with Gasteiger partial charge in [0.2, 0.25) is 0 Å². The van der Waals surface area contributed by atoms with Crippen LogP contribution in [0.3, 0.4) is 0 Å². The minimum atomic E-state index is -4.90. The van der Waals surface area contributed by atoms with Gasteiger partial charge in [-0.05, 0) is 18.2 Å². The quantitative estimate of drug-likeness (QED) is 0.771. The number of carbonyl (C=O) groups is 1. The first-order valence-electron chi connectivity index (χ1n) is 9.35. The molecule has 1 atom stereocenters. The van der Waals surface area contributed by atoms with Crippen molar-refractivity contribution in [2.45, 2.75) is 37.3 Å². The molecule has 0 saturated carbocycles. The molecule has 2 aromatic rings. The van der Waals surface area contributed by atoms with E-state index in [9.17, 15) is 23.1 Å². The second-order valence-electron chi connectivity index (χ2n) is 7.39. The van der Waals surface area contributed by atoms with E-state index in [0.717, 1.165) is 5.56 Å². The Morgan fingerprint density at radius 2 is 1.86 bits per heavy atom. The number of hydrogen-bond donors (Lipinski definition) is 1. The number of aliphatic hydroxyl groups excluding tert-OH is 1. The van der Waals surface area contributed by atoms with Crippen LogP contribution in [0.1, 0.15) is 41.3 Å². The van der Waals surface area contributed by atoms with Crippen molar-refractivity contribution in [1.82, 2.24) is 0 Å². The summed E-state index contributed by atoms with van der Waals surface area (Å²) < 4.78 is 49.0. The minimum absolute atomic E-state index is 0.154. The van der Waals surface area contributed by atoms with Crippen molar-refractivity contribution >= 4 is 12.0 Å². The first kappa shape index (κ1) is 19.6. The number of fused-ring (bicyclic) bond motifs is 1. The number of rotatable bonds is 3. The summed E-state index contributed by atoms with van der Waals surface area (Å²) in [7, 11) is 0. The van der Waals surface area contributed by atoms with E-state index in [1.165, 1.54) is 18.2 Å². The smallest absolute Gasteiger partial charge is 0.487 e. The Balaban J connectivity index is 1.56. The summed E-state index contributed by atoms with van der Waals surface area (Å²) in [5.74, 6) is 0.157. The third kappa shape index (κ3) is 3.89. The van der Waals surface area contributed by atoms with Gasteiger partial charge in [0.1, 0.15) is 11.4 Å². The lowest BCUT2D eigenvalue weighted by Crippen LogP contribution is -2.50. The molecule has 2 heterocycles. The number of para-hydroxylation sites is 2. The number of alkyl halides is 3. The molecule has 0 radical (unpaired) electrons. The lowest BCUT2D eigenvalue weighted by Gasteiger charge is -2.46. The van der Waals surface area contributed by atoms with Crippen LogP contribution in [-0.4, -0.2) is 36.4 Å². The average Bonchev–Trinajstić information content (AvgIpc) is 2.68. The zero-order chi connectivity index (χ0) is 20.6. The Kier molecular flexibility index (Phi) is 4.90. The lowest BCUT2D eigenvalue weighted by molar-refractivity contribution is -0.274. The van der Waals surface area contributed by atoms with Gasteiger partial charge in [0.25, 0.3) is 0 Å². The number of anilines is 1. The summed E-state index contributed by atoms with van der Waals surface area (Å²) in [6, 6.07) is 11.7. The van der Waals surface area contributed by atoms with Gasteiger partial charge in [-0.25, -0.2) is 0 Å². The minimum Gasteiger partial charge on any atom is -0.487 e. The first-order chi connectivity index (χ1) is 13.8. The molecule has 1 N–H and O–H groups in total. The van der Waals surface area contributed by atoms with Crippen molar-refractivity contribution in [2.24, 2.45) is 0 Å². The van der Waals surface area contributed by atoms with Gasteiger partial charge in [-0.15, -0.1) is 13.2 Å². The Morgan fingerprint density at radius 3 is 2.55 bits per heavy atom. The lowest BCUT2D eigenvalue weighted by atomic mass is 9.81. The van der Waals surface area contributed by atoms with Crippen LogP contribution in [-0.2, 0) is 0 Å². The molecule has 1 fully saturated rings. The van der Waals surface area contributed by atoms with Crippen molar-refractivity contribution in [3.63, 3.8) is 0 Å². The monoisotopic (exact) mass is 407 g/mol. The van der Waals surface area contributed by atoms with Gasteiger partial charge < -0.3 is 19.5 Å². The molecule has 4 rings (SSSR count). The van der Waals surface area contributed by atoms with Crippen molar-refractivity contribution < 1.29 is 32.5 Å². The van der Waals surface area contributed by atoms with E-state index in [2.05, 4.69) is 4.74 Å². The van der Waals surface area contributed by atoms with Crippen LogP contribution < -0.4 is 14.4 Å². The highest BCUT2D eigenvalue weighted by atomic mass is 19.4. The molecule has 2 aromatic carbocycles. The Morgan fingerprint density at radius 1 is 1.14 bits per heavy atom. The number of hydrogen-bond acceptors (Lipinski definition) is 5. The van der Waals surface area contributed by atoms with Crippen LogP contribution in [0.15, 0.2) is 42.5 Å². The van der Waals surface area contributed by atoms with Crippen molar-refractivity contribution in [1.29, 1.82) is 0 Å². The third-order valence-corrected chi connectivity index (χ3v) is 5.55. The molecule has 1 unspecified atom stereocenters. The number of benzene rings is 2. The van der Waals surface area contributed by atoms with E-state index < -0.39 is 23.8 Å². The van der Waals surface area contributed by atoms with Gasteiger partial charge in [0.05, 0.1) is 17.4 Å². The summed E-state index contributed by atoms with van der Waals surface area (Å²) >= 11 is 0. The van der Waals surface area contributed by atoms with Crippen LogP contribution in [0.2, 0.25) is 0 Å². The van der Waals surface area contributed by atoms with Gasteiger partial charge in [0, 0.05) is 37.9 Å². The number of aldehydes is 1. The number of carbonyl (C=O) groups excluding carboxylic acids is 1. The molecule has 0 aliphatic carbocycles. The van der Waals surface area contributed by atoms with E-state index in [-0.39, 0.29) is 11.3 Å². The van der Waals surface area contributed by atoms with Gasteiger partial charge in [-0.3, -0.25) is 4.79 Å². The maximum absolute atomic E-state index is 12.9. The molecule has 8 heteroatoms. The predicted molar refractivity (Wildman–Crippen MR) is 99.3 cm³/mol. The fourth-order valence-electron chi connectivity index (χ4n) is 4.16. The van der Waals surface area contributed by atoms with Crippen molar-refractivity contribution in [2.75, 3.05) is 18.0 Å². The van der Waals surface area contributed by atoms with E-state index >= 15 is 0 Å². The Hall–Kier alpha value is -2.74. The molecular weight excluding hydrogens is 387 g/mol. The Bertz CT molecular complexity index is 907. The maximum atomic E-state index is 12.9. The second kappa shape index (κ2) is 7.26. The highest BCUT2D eigenvalue weighted by Crippen LogP contribution is 2.45. The van der Waals surface area contributed by atoms with Crippen LogP contribution in [0, 0.1) is 0 Å². The zero-order valence-corrected chi connectivity index (χ0v) is 15.5. The normalized spacial score (nSPS) is 20.7. The van der Waals surface area contributed by atoms with Gasteiger partial charge in [-0.2, -0.15) is 0 Å². The summed E-state index contributed by atoms with van der Waals surface area (Å²) in [4.78, 5) is 13.0. The van der Waals surface area contributed by atoms with Crippen LogP contribution in [0.25, 0.3) is 0 Å².